The van der Waals surface area contributed by atoms with E-state index < -0.39 is 6.04 Å². The summed E-state index contributed by atoms with van der Waals surface area (Å²) >= 11 is 0. The molecule has 7 nitrogen and oxygen atoms in total. The third-order valence-electron chi connectivity index (χ3n) is 8.74. The van der Waals surface area contributed by atoms with Crippen molar-refractivity contribution in [1.29, 1.82) is 0 Å². The Morgan fingerprint density at radius 1 is 1.00 bits per heavy atom. The number of likely N-dealkylation sites (tertiary alicyclic amines) is 1. The molecule has 8 heteroatoms. The maximum Gasteiger partial charge on any atom is 0.239 e. The first-order valence-electron chi connectivity index (χ1n) is 14.9. The van der Waals surface area contributed by atoms with Crippen LogP contribution in [0.15, 0.2) is 54.6 Å². The van der Waals surface area contributed by atoms with Crippen LogP contribution in [0.5, 0.6) is 11.5 Å². The highest BCUT2D eigenvalue weighted by Crippen LogP contribution is 2.27. The summed E-state index contributed by atoms with van der Waals surface area (Å²) in [5, 5.41) is 2.48. The molecule has 0 radical (unpaired) electrons. The highest BCUT2D eigenvalue weighted by atomic mass is 19.1. The summed E-state index contributed by atoms with van der Waals surface area (Å²) in [5.74, 6) is 1.47. The van der Waals surface area contributed by atoms with E-state index in [0.29, 0.717) is 50.6 Å². The van der Waals surface area contributed by atoms with Crippen LogP contribution < -0.4 is 15.2 Å². The van der Waals surface area contributed by atoms with Crippen LogP contribution in [-0.2, 0) is 17.8 Å². The Bertz CT molecular complexity index is 1320. The number of hydrogen-bond acceptors (Lipinski definition) is 6. The molecule has 2 heterocycles. The molecule has 1 amide bonds. The Hall–Kier alpha value is -3.20. The summed E-state index contributed by atoms with van der Waals surface area (Å²) in [7, 11) is 1.70. The van der Waals surface area contributed by atoms with Gasteiger partial charge in [-0.1, -0.05) is 30.3 Å². The zero-order chi connectivity index (χ0) is 28.8. The maximum absolute atomic E-state index is 14.5. The number of hydrogen-bond donors (Lipinski definition) is 1. The summed E-state index contributed by atoms with van der Waals surface area (Å²) < 4.78 is 25.6. The van der Waals surface area contributed by atoms with Gasteiger partial charge in [0.2, 0.25) is 5.91 Å². The molecule has 41 heavy (non-hydrogen) atoms. The first kappa shape index (κ1) is 29.3. The van der Waals surface area contributed by atoms with E-state index in [0.717, 1.165) is 44.6 Å². The monoisotopic (exact) mass is 562 g/mol. The molecule has 2 fully saturated rings. The van der Waals surface area contributed by atoms with E-state index in [1.165, 1.54) is 22.4 Å². The first-order valence-corrected chi connectivity index (χ1v) is 14.9. The van der Waals surface area contributed by atoms with Gasteiger partial charge in [0.25, 0.3) is 0 Å². The third kappa shape index (κ3) is 7.00. The van der Waals surface area contributed by atoms with Crippen molar-refractivity contribution in [2.24, 2.45) is 11.7 Å². The lowest BCUT2D eigenvalue weighted by atomic mass is 9.88. The molecule has 5 rings (SSSR count). The van der Waals surface area contributed by atoms with E-state index in [4.69, 9.17) is 15.2 Å². The molecule has 2 saturated heterocycles. The Labute approximate surface area is 243 Å². The number of carbonyl (C=O) groups excluding carboxylic acids is 1. The summed E-state index contributed by atoms with van der Waals surface area (Å²) in [6, 6.07) is 17.2. The van der Waals surface area contributed by atoms with Crippen molar-refractivity contribution >= 4 is 16.7 Å². The van der Waals surface area contributed by atoms with Gasteiger partial charge in [-0.25, -0.2) is 4.39 Å². The maximum atomic E-state index is 14.5. The summed E-state index contributed by atoms with van der Waals surface area (Å²) in [5.41, 5.74) is 8.47. The smallest absolute Gasteiger partial charge is 0.239 e. The second-order valence-electron chi connectivity index (χ2n) is 11.2. The largest absolute Gasteiger partial charge is 0.497 e. The molecule has 3 aromatic rings. The van der Waals surface area contributed by atoms with Gasteiger partial charge in [-0.05, 0) is 85.8 Å². The number of methoxy groups -OCH3 is 1. The number of fused-ring (bicyclic) bond motifs is 1. The van der Waals surface area contributed by atoms with Gasteiger partial charge in [0.05, 0.1) is 19.8 Å². The van der Waals surface area contributed by atoms with Crippen molar-refractivity contribution in [2.45, 2.75) is 38.8 Å². The van der Waals surface area contributed by atoms with Crippen LogP contribution in [0.2, 0.25) is 0 Å². The van der Waals surface area contributed by atoms with Crippen molar-refractivity contribution in [2.75, 3.05) is 59.5 Å². The lowest BCUT2D eigenvalue weighted by Gasteiger charge is -2.39. The number of rotatable bonds is 10. The number of ether oxygens (including phenoxy) is 2. The number of nitrogens with two attached hydrogens (primary N) is 1. The van der Waals surface area contributed by atoms with E-state index in [2.05, 4.69) is 40.1 Å². The molecule has 0 bridgehead atoms. The van der Waals surface area contributed by atoms with Crippen molar-refractivity contribution in [3.8, 4) is 11.5 Å². The molecule has 220 valence electrons. The molecule has 0 aliphatic carbocycles. The molecular weight excluding hydrogens is 519 g/mol. The zero-order valence-corrected chi connectivity index (χ0v) is 24.4. The lowest BCUT2D eigenvalue weighted by Crippen LogP contribution is -2.55. The van der Waals surface area contributed by atoms with Gasteiger partial charge in [-0.2, -0.15) is 0 Å². The predicted octanol–water partition coefficient (Wildman–Crippen LogP) is 4.31. The van der Waals surface area contributed by atoms with E-state index in [1.54, 1.807) is 13.2 Å². The number of benzene rings is 3. The van der Waals surface area contributed by atoms with Crippen LogP contribution in [0, 0.1) is 11.7 Å². The highest BCUT2D eigenvalue weighted by molar-refractivity contribution is 5.87. The van der Waals surface area contributed by atoms with Crippen LogP contribution >= 0.6 is 0 Å². The Kier molecular flexibility index (Phi) is 9.75. The number of carbonyl (C=O) groups is 1. The fourth-order valence-electron chi connectivity index (χ4n) is 6.22. The van der Waals surface area contributed by atoms with Gasteiger partial charge >= 0.3 is 0 Å². The van der Waals surface area contributed by atoms with Crippen LogP contribution in [0.25, 0.3) is 10.8 Å². The zero-order valence-electron chi connectivity index (χ0n) is 24.4. The third-order valence-corrected chi connectivity index (χ3v) is 8.74. The van der Waals surface area contributed by atoms with Crippen LogP contribution in [0.3, 0.4) is 0 Å². The Morgan fingerprint density at radius 2 is 1.76 bits per heavy atom. The van der Waals surface area contributed by atoms with Crippen molar-refractivity contribution in [1.82, 2.24) is 14.7 Å². The topological polar surface area (TPSA) is 71.3 Å². The SMILES string of the molecule is CCOc1cccc(F)c1CN1CCN(C(=O)[C@H](N)C2CCN(CCc3cccc4ccc(OC)cc34)CC2)CC1. The van der Waals surface area contributed by atoms with E-state index in [1.807, 2.05) is 24.0 Å². The molecule has 2 aliphatic rings. The predicted molar refractivity (Wildman–Crippen MR) is 161 cm³/mol. The van der Waals surface area contributed by atoms with Crippen LogP contribution in [-0.4, -0.2) is 86.2 Å². The van der Waals surface area contributed by atoms with Crippen LogP contribution in [0.1, 0.15) is 30.9 Å². The fourth-order valence-corrected chi connectivity index (χ4v) is 6.22. The van der Waals surface area contributed by atoms with Crippen molar-refractivity contribution in [3.63, 3.8) is 0 Å². The summed E-state index contributed by atoms with van der Waals surface area (Å²) in [4.78, 5) is 19.9. The minimum atomic E-state index is -0.467. The molecule has 1 atom stereocenters. The van der Waals surface area contributed by atoms with E-state index in [-0.39, 0.29) is 17.6 Å². The standard InChI is InChI=1S/C33H43FN4O3/c1-3-41-31-9-5-8-30(34)29(31)23-37-18-20-38(21-19-37)33(39)32(35)26-13-16-36(17-14-26)15-12-25-7-4-6-24-10-11-27(40-2)22-28(24)25/h4-11,22,26,32H,3,12-21,23,35H2,1-2H3/t32-/m1/s1. The van der Waals surface area contributed by atoms with Gasteiger partial charge in [0.15, 0.2) is 0 Å². The van der Waals surface area contributed by atoms with E-state index >= 15 is 0 Å². The Balaban J connectivity index is 1.08. The molecular formula is C33H43FN4O3. The average molecular weight is 563 g/mol. The van der Waals surface area contributed by atoms with Gasteiger partial charge in [-0.15, -0.1) is 0 Å². The second-order valence-corrected chi connectivity index (χ2v) is 11.2. The first-order chi connectivity index (χ1) is 20.0. The lowest BCUT2D eigenvalue weighted by molar-refractivity contribution is -0.136. The minimum absolute atomic E-state index is 0.0497. The number of halogens is 1. The van der Waals surface area contributed by atoms with Crippen molar-refractivity contribution < 1.29 is 18.7 Å². The number of piperidine rings is 1. The molecule has 0 unspecified atom stereocenters. The number of nitrogens with zero attached hydrogens (tertiary/aromatic N) is 3. The van der Waals surface area contributed by atoms with Gasteiger partial charge in [-0.3, -0.25) is 9.69 Å². The van der Waals surface area contributed by atoms with Crippen molar-refractivity contribution in [3.05, 3.63) is 71.5 Å². The molecule has 0 saturated carbocycles. The quantitative estimate of drug-likeness (QED) is 0.397. The van der Waals surface area contributed by atoms with E-state index in [9.17, 15) is 9.18 Å². The highest BCUT2D eigenvalue weighted by Gasteiger charge is 2.33. The number of amides is 1. The molecule has 2 N–H and O–H groups in total. The van der Waals surface area contributed by atoms with Gasteiger partial charge < -0.3 is 25.0 Å². The second kappa shape index (κ2) is 13.6. The fraction of sp³-hybridized carbons (Fsp3) is 0.485. The molecule has 2 aliphatic heterocycles. The molecule has 0 aromatic heterocycles. The summed E-state index contributed by atoms with van der Waals surface area (Å²) in [6.07, 6.45) is 2.84. The molecule has 3 aromatic carbocycles. The minimum Gasteiger partial charge on any atom is -0.497 e. The van der Waals surface area contributed by atoms with Gasteiger partial charge in [0, 0.05) is 44.8 Å². The Morgan fingerprint density at radius 3 is 2.49 bits per heavy atom. The van der Waals surface area contributed by atoms with Gasteiger partial charge in [0.1, 0.15) is 17.3 Å². The normalized spacial score (nSPS) is 18.0. The average Bonchev–Trinajstić information content (AvgIpc) is 3.01. The molecule has 0 spiro atoms. The summed E-state index contributed by atoms with van der Waals surface area (Å²) in [6.45, 7) is 8.37. The number of piperazine rings is 1. The van der Waals surface area contributed by atoms with Crippen LogP contribution in [0.4, 0.5) is 4.39 Å².